The molecule has 1 aromatic carbocycles. The van der Waals surface area contributed by atoms with Crippen LogP contribution in [-0.2, 0) is 11.2 Å². The second-order valence-electron chi connectivity index (χ2n) is 4.24. The van der Waals surface area contributed by atoms with E-state index in [1.807, 2.05) is 0 Å². The average Bonchev–Trinajstić information content (AvgIpc) is 2.35. The van der Waals surface area contributed by atoms with Crippen molar-refractivity contribution in [1.29, 1.82) is 0 Å². The van der Waals surface area contributed by atoms with Crippen LogP contribution in [-0.4, -0.2) is 30.3 Å². The zero-order valence-electron chi connectivity index (χ0n) is 10.9. The largest absolute Gasteiger partial charge is 0.303 e. The first kappa shape index (κ1) is 15.1. The number of halogens is 2. The summed E-state index contributed by atoms with van der Waals surface area (Å²) in [7, 11) is 0. The van der Waals surface area contributed by atoms with E-state index in [1.54, 1.807) is 6.07 Å². The Morgan fingerprint density at radius 3 is 2.56 bits per heavy atom. The van der Waals surface area contributed by atoms with Gasteiger partial charge in [-0.3, -0.25) is 4.79 Å². The molecule has 0 aromatic heterocycles. The van der Waals surface area contributed by atoms with Crippen LogP contribution in [0.3, 0.4) is 0 Å². The van der Waals surface area contributed by atoms with Gasteiger partial charge in [0.25, 0.3) is 0 Å². The number of benzene rings is 1. The van der Waals surface area contributed by atoms with Gasteiger partial charge in [-0.15, -0.1) is 0 Å². The van der Waals surface area contributed by atoms with Gasteiger partial charge >= 0.3 is 0 Å². The molecule has 0 fully saturated rings. The Balaban J connectivity index is 2.46. The minimum atomic E-state index is -0.448. The molecule has 0 saturated heterocycles. The lowest BCUT2D eigenvalue weighted by molar-refractivity contribution is -0.118. The lowest BCUT2D eigenvalue weighted by atomic mass is 10.1. The van der Waals surface area contributed by atoms with E-state index in [2.05, 4.69) is 18.7 Å². The highest BCUT2D eigenvalue weighted by Gasteiger charge is 2.08. The van der Waals surface area contributed by atoms with Crippen molar-refractivity contribution in [2.24, 2.45) is 0 Å². The number of nitrogens with zero attached hydrogens (tertiary/aromatic N) is 1. The predicted molar refractivity (Wildman–Crippen MR) is 72.5 cm³/mol. The Hall–Kier alpha value is -0.930. The highest BCUT2D eigenvalue weighted by atomic mass is 35.5. The highest BCUT2D eigenvalue weighted by molar-refractivity contribution is 6.30. The molecule has 1 aromatic rings. The monoisotopic (exact) mass is 271 g/mol. The molecular formula is C14H19ClFNO. The summed E-state index contributed by atoms with van der Waals surface area (Å²) in [6.07, 6.45) is 0.845. The van der Waals surface area contributed by atoms with Crippen molar-refractivity contribution >= 4 is 17.4 Å². The fourth-order valence-corrected chi connectivity index (χ4v) is 1.99. The molecule has 0 unspecified atom stereocenters. The molecule has 2 nitrogen and oxygen atoms in total. The summed E-state index contributed by atoms with van der Waals surface area (Å²) in [5, 5.41) is 0.0732. The van der Waals surface area contributed by atoms with Crippen molar-refractivity contribution in [1.82, 2.24) is 4.90 Å². The zero-order valence-corrected chi connectivity index (χ0v) is 11.6. The predicted octanol–water partition coefficient (Wildman–Crippen LogP) is 3.32. The number of carbonyl (C=O) groups excluding carboxylic acids is 1. The maximum absolute atomic E-state index is 13.0. The lowest BCUT2D eigenvalue weighted by Gasteiger charge is -2.17. The van der Waals surface area contributed by atoms with E-state index in [0.717, 1.165) is 25.2 Å². The summed E-state index contributed by atoms with van der Waals surface area (Å²) >= 11 is 5.68. The molecular weight excluding hydrogens is 253 g/mol. The van der Waals surface area contributed by atoms with Crippen molar-refractivity contribution < 1.29 is 9.18 Å². The molecule has 0 atom stereocenters. The van der Waals surface area contributed by atoms with E-state index >= 15 is 0 Å². The first-order valence-corrected chi connectivity index (χ1v) is 6.62. The minimum absolute atomic E-state index is 0.0732. The molecule has 0 N–H and O–H groups in total. The third kappa shape index (κ3) is 4.75. The van der Waals surface area contributed by atoms with Gasteiger partial charge in [0.1, 0.15) is 11.6 Å². The van der Waals surface area contributed by atoms with E-state index in [0.29, 0.717) is 12.8 Å². The fourth-order valence-electron chi connectivity index (χ4n) is 1.79. The maximum atomic E-state index is 13.0. The third-order valence-electron chi connectivity index (χ3n) is 2.99. The molecule has 0 amide bonds. The van der Waals surface area contributed by atoms with Crippen molar-refractivity contribution in [2.45, 2.75) is 26.7 Å². The van der Waals surface area contributed by atoms with Crippen LogP contribution >= 0.6 is 11.6 Å². The van der Waals surface area contributed by atoms with Crippen LogP contribution in [0.15, 0.2) is 18.2 Å². The molecule has 18 heavy (non-hydrogen) atoms. The molecule has 0 bridgehead atoms. The van der Waals surface area contributed by atoms with Crippen LogP contribution in [0.1, 0.15) is 25.8 Å². The Morgan fingerprint density at radius 2 is 2.00 bits per heavy atom. The second kappa shape index (κ2) is 7.49. The highest BCUT2D eigenvalue weighted by Crippen LogP contribution is 2.16. The quantitative estimate of drug-likeness (QED) is 0.758. The smallest absolute Gasteiger partial charge is 0.141 e. The topological polar surface area (TPSA) is 20.3 Å². The molecule has 0 saturated carbocycles. The van der Waals surface area contributed by atoms with E-state index in [4.69, 9.17) is 11.6 Å². The van der Waals surface area contributed by atoms with Crippen LogP contribution < -0.4 is 0 Å². The van der Waals surface area contributed by atoms with E-state index in [1.165, 1.54) is 12.1 Å². The Morgan fingerprint density at radius 1 is 1.33 bits per heavy atom. The average molecular weight is 272 g/mol. The maximum Gasteiger partial charge on any atom is 0.141 e. The minimum Gasteiger partial charge on any atom is -0.303 e. The number of hydrogen-bond donors (Lipinski definition) is 0. The molecule has 0 heterocycles. The van der Waals surface area contributed by atoms with Gasteiger partial charge in [-0.2, -0.15) is 0 Å². The zero-order chi connectivity index (χ0) is 13.5. The first-order valence-electron chi connectivity index (χ1n) is 6.24. The standard InChI is InChI=1S/C14H19ClFNO/c1-3-17(4-2)8-7-12(18)9-11-5-6-14(16)13(15)10-11/h5-6,10H,3-4,7-9H2,1-2H3. The molecule has 0 aliphatic heterocycles. The van der Waals surface area contributed by atoms with Gasteiger partial charge < -0.3 is 4.90 Å². The third-order valence-corrected chi connectivity index (χ3v) is 3.28. The Kier molecular flexibility index (Phi) is 6.30. The van der Waals surface area contributed by atoms with E-state index < -0.39 is 5.82 Å². The molecule has 1 rings (SSSR count). The number of hydrogen-bond acceptors (Lipinski definition) is 2. The van der Waals surface area contributed by atoms with Crippen LogP contribution in [0, 0.1) is 5.82 Å². The molecule has 4 heteroatoms. The normalized spacial score (nSPS) is 10.9. The van der Waals surface area contributed by atoms with Crippen LogP contribution in [0.4, 0.5) is 4.39 Å². The fraction of sp³-hybridized carbons (Fsp3) is 0.500. The van der Waals surface area contributed by atoms with Crippen molar-refractivity contribution in [2.75, 3.05) is 19.6 Å². The molecule has 0 aliphatic carbocycles. The summed E-state index contributed by atoms with van der Waals surface area (Å²) in [5.74, 6) is -0.291. The molecule has 0 aliphatic rings. The van der Waals surface area contributed by atoms with Gasteiger partial charge in [0.2, 0.25) is 0 Å². The SMILES string of the molecule is CCN(CC)CCC(=O)Cc1ccc(F)c(Cl)c1. The van der Waals surface area contributed by atoms with E-state index in [9.17, 15) is 9.18 Å². The van der Waals surface area contributed by atoms with Gasteiger partial charge in [-0.1, -0.05) is 31.5 Å². The first-order chi connectivity index (χ1) is 8.56. The van der Waals surface area contributed by atoms with Crippen LogP contribution in [0.5, 0.6) is 0 Å². The summed E-state index contributed by atoms with van der Waals surface area (Å²) in [4.78, 5) is 14.0. The lowest BCUT2D eigenvalue weighted by Crippen LogP contribution is -2.26. The van der Waals surface area contributed by atoms with Crippen molar-refractivity contribution in [3.63, 3.8) is 0 Å². The van der Waals surface area contributed by atoms with Gasteiger partial charge in [-0.05, 0) is 30.8 Å². The summed E-state index contributed by atoms with van der Waals surface area (Å²) in [6, 6.07) is 4.43. The summed E-state index contributed by atoms with van der Waals surface area (Å²) < 4.78 is 13.0. The molecule has 100 valence electrons. The number of rotatable bonds is 7. The summed E-state index contributed by atoms with van der Waals surface area (Å²) in [5.41, 5.74) is 0.769. The van der Waals surface area contributed by atoms with Crippen molar-refractivity contribution in [3.05, 3.63) is 34.6 Å². The number of Topliss-reactive ketones (excluding diaryl/α,β-unsaturated/α-hetero) is 1. The van der Waals surface area contributed by atoms with E-state index in [-0.39, 0.29) is 10.8 Å². The second-order valence-corrected chi connectivity index (χ2v) is 4.65. The number of carbonyl (C=O) groups is 1. The van der Waals surface area contributed by atoms with Gasteiger partial charge in [-0.25, -0.2) is 4.39 Å². The Labute approximate surface area is 113 Å². The van der Waals surface area contributed by atoms with Crippen LogP contribution in [0.25, 0.3) is 0 Å². The van der Waals surface area contributed by atoms with Crippen molar-refractivity contribution in [3.8, 4) is 0 Å². The Bertz CT molecular complexity index is 405. The molecule has 0 radical (unpaired) electrons. The molecule has 0 spiro atoms. The van der Waals surface area contributed by atoms with Crippen LogP contribution in [0.2, 0.25) is 5.02 Å². The van der Waals surface area contributed by atoms with Gasteiger partial charge in [0.15, 0.2) is 0 Å². The van der Waals surface area contributed by atoms with Gasteiger partial charge in [0.05, 0.1) is 5.02 Å². The summed E-state index contributed by atoms with van der Waals surface area (Å²) in [6.45, 7) is 6.83. The number of ketones is 1. The van der Waals surface area contributed by atoms with Gasteiger partial charge in [0, 0.05) is 19.4 Å².